The summed E-state index contributed by atoms with van der Waals surface area (Å²) in [6.07, 6.45) is 8.76. The summed E-state index contributed by atoms with van der Waals surface area (Å²) in [6.45, 7) is 2.16. The highest BCUT2D eigenvalue weighted by atomic mass is 16.1. The maximum atomic E-state index is 12.8. The zero-order valence-electron chi connectivity index (χ0n) is 16.2. The van der Waals surface area contributed by atoms with Crippen LogP contribution in [0.15, 0.2) is 36.7 Å². The maximum Gasteiger partial charge on any atom is 0.142 e. The Morgan fingerprint density at radius 1 is 1.07 bits per heavy atom. The predicted molar refractivity (Wildman–Crippen MR) is 108 cm³/mol. The fraction of sp³-hybridized carbons (Fsp3) is 0.455. The van der Waals surface area contributed by atoms with E-state index in [1.807, 2.05) is 13.2 Å². The third-order valence-corrected chi connectivity index (χ3v) is 6.19. The molecule has 2 aliphatic rings. The van der Waals surface area contributed by atoms with Gasteiger partial charge in [-0.3, -0.25) is 9.78 Å². The Labute approximate surface area is 164 Å². The van der Waals surface area contributed by atoms with Crippen molar-refractivity contribution in [3.8, 4) is 11.3 Å². The van der Waals surface area contributed by atoms with Crippen LogP contribution in [0.2, 0.25) is 0 Å². The van der Waals surface area contributed by atoms with Crippen molar-refractivity contribution in [1.29, 1.82) is 0 Å². The number of Topliss-reactive ketones (excluding diaryl/α,β-unsaturated/α-hetero) is 1. The molecule has 0 radical (unpaired) electrons. The van der Waals surface area contributed by atoms with Gasteiger partial charge in [0.05, 0.1) is 11.9 Å². The summed E-state index contributed by atoms with van der Waals surface area (Å²) >= 11 is 0. The number of carbonyl (C=O) groups excluding carboxylic acids is 1. The Bertz CT molecular complexity index is 1010. The minimum Gasteiger partial charge on any atom is -0.300 e. The number of carbonyl (C=O) groups is 1. The van der Waals surface area contributed by atoms with Crippen molar-refractivity contribution < 1.29 is 4.79 Å². The highest BCUT2D eigenvalue weighted by Crippen LogP contribution is 2.31. The molecule has 1 aliphatic carbocycles. The van der Waals surface area contributed by atoms with Gasteiger partial charge >= 0.3 is 0 Å². The van der Waals surface area contributed by atoms with Gasteiger partial charge in [-0.1, -0.05) is 17.3 Å². The zero-order valence-corrected chi connectivity index (χ0v) is 16.2. The van der Waals surface area contributed by atoms with E-state index in [0.29, 0.717) is 12.2 Å². The minimum absolute atomic E-state index is 0.194. The van der Waals surface area contributed by atoms with E-state index in [1.165, 1.54) is 12.8 Å². The molecule has 2 fully saturated rings. The molecule has 3 aromatic rings. The number of nitrogens with zero attached hydrogens (tertiary/aromatic N) is 5. The lowest BCUT2D eigenvalue weighted by Gasteiger charge is -2.31. The quantitative estimate of drug-likeness (QED) is 0.686. The van der Waals surface area contributed by atoms with E-state index in [4.69, 9.17) is 0 Å². The van der Waals surface area contributed by atoms with Crippen molar-refractivity contribution in [3.63, 3.8) is 0 Å². The monoisotopic (exact) mass is 375 g/mol. The lowest BCUT2D eigenvalue weighted by Crippen LogP contribution is -2.38. The molecular formula is C22H25N5O. The van der Waals surface area contributed by atoms with Gasteiger partial charge in [0.1, 0.15) is 5.78 Å². The summed E-state index contributed by atoms with van der Waals surface area (Å²) in [4.78, 5) is 19.9. The van der Waals surface area contributed by atoms with E-state index < -0.39 is 0 Å². The number of aryl methyl sites for hydroxylation is 1. The lowest BCUT2D eigenvalue weighted by molar-refractivity contribution is -0.123. The van der Waals surface area contributed by atoms with Crippen molar-refractivity contribution in [3.05, 3.63) is 42.4 Å². The third-order valence-electron chi connectivity index (χ3n) is 6.19. The first-order chi connectivity index (χ1) is 13.7. The lowest BCUT2D eigenvalue weighted by atomic mass is 9.90. The van der Waals surface area contributed by atoms with Crippen LogP contribution in [0.5, 0.6) is 0 Å². The Hall–Kier alpha value is -2.60. The fourth-order valence-corrected chi connectivity index (χ4v) is 4.34. The Balaban J connectivity index is 1.31. The molecule has 0 N–H and O–H groups in total. The van der Waals surface area contributed by atoms with Gasteiger partial charge in [0.2, 0.25) is 0 Å². The molecule has 6 nitrogen and oxygen atoms in total. The Kier molecular flexibility index (Phi) is 4.43. The average Bonchev–Trinajstić information content (AvgIpc) is 3.48. The van der Waals surface area contributed by atoms with Crippen molar-refractivity contribution >= 4 is 16.6 Å². The summed E-state index contributed by atoms with van der Waals surface area (Å²) in [5.41, 5.74) is 2.90. The van der Waals surface area contributed by atoms with Crippen LogP contribution >= 0.6 is 0 Å². The molecule has 1 aliphatic heterocycles. The average molecular weight is 375 g/mol. The largest absolute Gasteiger partial charge is 0.300 e. The van der Waals surface area contributed by atoms with Gasteiger partial charge in [0.15, 0.2) is 0 Å². The van der Waals surface area contributed by atoms with Gasteiger partial charge < -0.3 is 4.90 Å². The van der Waals surface area contributed by atoms with Crippen molar-refractivity contribution in [2.45, 2.75) is 38.1 Å². The van der Waals surface area contributed by atoms with Crippen LogP contribution in [-0.4, -0.2) is 49.8 Å². The van der Waals surface area contributed by atoms with Crippen molar-refractivity contribution in [2.24, 2.45) is 13.0 Å². The molecule has 0 bridgehead atoms. The second-order valence-electron chi connectivity index (χ2n) is 8.16. The van der Waals surface area contributed by atoms with Crippen LogP contribution in [0.25, 0.3) is 22.0 Å². The summed E-state index contributed by atoms with van der Waals surface area (Å²) < 4.78 is 1.76. The number of aromatic nitrogens is 4. The SMILES string of the molecule is Cn1nncc1-c1ccc2cnc(CC(=O)C3CCN(C4CC4)CC3)cc2c1. The molecule has 1 saturated carbocycles. The van der Waals surface area contributed by atoms with Gasteiger partial charge in [-0.15, -0.1) is 5.10 Å². The molecule has 0 amide bonds. The Morgan fingerprint density at radius 3 is 2.61 bits per heavy atom. The number of piperidine rings is 1. The number of hydrogen-bond donors (Lipinski definition) is 0. The molecule has 0 atom stereocenters. The molecule has 6 heteroatoms. The molecule has 2 aromatic heterocycles. The van der Waals surface area contributed by atoms with Gasteiger partial charge in [-0.25, -0.2) is 4.68 Å². The molecule has 0 spiro atoms. The van der Waals surface area contributed by atoms with Gasteiger partial charge in [0, 0.05) is 48.3 Å². The first-order valence-corrected chi connectivity index (χ1v) is 10.2. The molecule has 3 heterocycles. The van der Waals surface area contributed by atoms with Crippen LogP contribution in [-0.2, 0) is 18.3 Å². The predicted octanol–water partition coefficient (Wildman–Crippen LogP) is 3.02. The number of benzene rings is 1. The normalized spacial score (nSPS) is 18.6. The number of pyridine rings is 1. The highest BCUT2D eigenvalue weighted by molar-refractivity contribution is 5.88. The number of rotatable bonds is 5. The number of fused-ring (bicyclic) bond motifs is 1. The second-order valence-corrected chi connectivity index (χ2v) is 8.16. The first kappa shape index (κ1) is 17.5. The minimum atomic E-state index is 0.194. The van der Waals surface area contributed by atoms with Crippen LogP contribution < -0.4 is 0 Å². The first-order valence-electron chi connectivity index (χ1n) is 10.2. The van der Waals surface area contributed by atoms with E-state index in [-0.39, 0.29) is 5.92 Å². The summed E-state index contributed by atoms with van der Waals surface area (Å²) in [6, 6.07) is 9.10. The molecule has 1 saturated heterocycles. The zero-order chi connectivity index (χ0) is 19.1. The van der Waals surface area contributed by atoms with Crippen molar-refractivity contribution in [2.75, 3.05) is 13.1 Å². The number of likely N-dealkylation sites (tertiary alicyclic amines) is 1. The number of ketones is 1. The molecule has 0 unspecified atom stereocenters. The molecule has 5 rings (SSSR count). The highest BCUT2D eigenvalue weighted by Gasteiger charge is 2.33. The fourth-order valence-electron chi connectivity index (χ4n) is 4.34. The summed E-state index contributed by atoms with van der Waals surface area (Å²) in [7, 11) is 1.89. The Morgan fingerprint density at radius 2 is 1.89 bits per heavy atom. The van der Waals surface area contributed by atoms with Crippen LogP contribution in [0.4, 0.5) is 0 Å². The number of hydrogen-bond acceptors (Lipinski definition) is 5. The smallest absolute Gasteiger partial charge is 0.142 e. The second kappa shape index (κ2) is 7.09. The molecular weight excluding hydrogens is 350 g/mol. The third kappa shape index (κ3) is 3.44. The van der Waals surface area contributed by atoms with E-state index in [1.54, 1.807) is 10.9 Å². The topological polar surface area (TPSA) is 63.9 Å². The van der Waals surface area contributed by atoms with Crippen LogP contribution in [0, 0.1) is 5.92 Å². The van der Waals surface area contributed by atoms with E-state index in [0.717, 1.165) is 59.7 Å². The summed E-state index contributed by atoms with van der Waals surface area (Å²) in [5.74, 6) is 0.536. The van der Waals surface area contributed by atoms with E-state index in [2.05, 4.69) is 44.5 Å². The van der Waals surface area contributed by atoms with Crippen LogP contribution in [0.3, 0.4) is 0 Å². The van der Waals surface area contributed by atoms with E-state index in [9.17, 15) is 4.79 Å². The van der Waals surface area contributed by atoms with Crippen molar-refractivity contribution in [1.82, 2.24) is 24.9 Å². The van der Waals surface area contributed by atoms with Gasteiger partial charge in [-0.2, -0.15) is 0 Å². The maximum absolute atomic E-state index is 12.8. The van der Waals surface area contributed by atoms with Gasteiger partial charge in [-0.05, 0) is 56.3 Å². The summed E-state index contributed by atoms with van der Waals surface area (Å²) in [5, 5.41) is 10.1. The standard InChI is InChI=1S/C22H25N5O/c1-26-21(14-24-25-26)16-2-3-17-13-23-19(11-18(17)10-16)12-22(28)15-6-8-27(9-7-15)20-4-5-20/h2-3,10-11,13-15,20H,4-9,12H2,1H3. The molecule has 1 aromatic carbocycles. The molecule has 28 heavy (non-hydrogen) atoms. The molecule has 144 valence electrons. The van der Waals surface area contributed by atoms with Gasteiger partial charge in [0.25, 0.3) is 0 Å². The van der Waals surface area contributed by atoms with E-state index >= 15 is 0 Å². The van der Waals surface area contributed by atoms with Crippen LogP contribution in [0.1, 0.15) is 31.4 Å².